The molecule has 0 aliphatic heterocycles. The summed E-state index contributed by atoms with van der Waals surface area (Å²) < 4.78 is 0. The van der Waals surface area contributed by atoms with Crippen LogP contribution in [0.3, 0.4) is 0 Å². The molecular weight excluding hydrogens is 206 g/mol. The van der Waals surface area contributed by atoms with E-state index in [1.54, 1.807) is 0 Å². The fraction of sp³-hybridized carbons (Fsp3) is 0.857. The van der Waals surface area contributed by atoms with Gasteiger partial charge in [-0.15, -0.1) is 23.2 Å². The van der Waals surface area contributed by atoms with Crippen molar-refractivity contribution in [2.24, 2.45) is 17.8 Å². The van der Waals surface area contributed by atoms with E-state index in [0.29, 0.717) is 0 Å². The molecular formula is C7H7Cl3O. The van der Waals surface area contributed by atoms with Gasteiger partial charge in [-0.05, 0) is 29.9 Å². The van der Waals surface area contributed by atoms with Crippen LogP contribution in [0, 0.1) is 17.8 Å². The maximum atomic E-state index is 10.8. The molecule has 0 heterocycles. The van der Waals surface area contributed by atoms with Gasteiger partial charge >= 0.3 is 0 Å². The van der Waals surface area contributed by atoms with Crippen LogP contribution < -0.4 is 0 Å². The average molecular weight is 213 g/mol. The summed E-state index contributed by atoms with van der Waals surface area (Å²) in [6.07, 6.45) is 0.978. The molecule has 3 fully saturated rings. The zero-order valence-electron chi connectivity index (χ0n) is 5.64. The summed E-state index contributed by atoms with van der Waals surface area (Å²) in [5, 5.41) is -0.358. The van der Waals surface area contributed by atoms with Crippen molar-refractivity contribution >= 4 is 40.0 Å². The van der Waals surface area contributed by atoms with Crippen molar-refractivity contribution in [3.8, 4) is 0 Å². The lowest BCUT2D eigenvalue weighted by atomic mass is 9.73. The summed E-state index contributed by atoms with van der Waals surface area (Å²) in [4.78, 5) is 10.8. The van der Waals surface area contributed by atoms with Crippen molar-refractivity contribution in [1.29, 1.82) is 0 Å². The van der Waals surface area contributed by atoms with Gasteiger partial charge < -0.3 is 0 Å². The summed E-state index contributed by atoms with van der Waals surface area (Å²) in [6.45, 7) is 0. The zero-order valence-corrected chi connectivity index (χ0v) is 7.90. The molecule has 62 valence electrons. The van der Waals surface area contributed by atoms with E-state index in [1.807, 2.05) is 0 Å². The molecule has 0 spiro atoms. The van der Waals surface area contributed by atoms with E-state index < -0.39 is 0 Å². The zero-order chi connectivity index (χ0) is 8.17. The first-order chi connectivity index (χ1) is 5.13. The highest BCUT2D eigenvalue weighted by atomic mass is 35.5. The fourth-order valence-corrected chi connectivity index (χ4v) is 3.41. The molecule has 3 rings (SSSR count). The maximum absolute atomic E-state index is 10.8. The Labute approximate surface area is 80.0 Å². The predicted octanol–water partition coefficient (Wildman–Crippen LogP) is 2.23. The molecule has 3 aliphatic carbocycles. The molecule has 0 aromatic heterocycles. The van der Waals surface area contributed by atoms with Crippen LogP contribution in [0.25, 0.3) is 0 Å². The second-order valence-electron chi connectivity index (χ2n) is 3.28. The molecule has 5 atom stereocenters. The molecule has 0 saturated heterocycles. The highest BCUT2D eigenvalue weighted by molar-refractivity contribution is 6.64. The van der Waals surface area contributed by atoms with E-state index >= 15 is 0 Å². The van der Waals surface area contributed by atoms with Gasteiger partial charge in [-0.25, -0.2) is 0 Å². The number of halogens is 3. The Bertz CT molecular complexity index is 192. The van der Waals surface area contributed by atoms with Gasteiger partial charge in [-0.3, -0.25) is 4.79 Å². The van der Waals surface area contributed by atoms with Crippen LogP contribution in [-0.4, -0.2) is 16.0 Å². The van der Waals surface area contributed by atoms with E-state index in [1.165, 1.54) is 0 Å². The van der Waals surface area contributed by atoms with Crippen LogP contribution in [0.2, 0.25) is 0 Å². The number of alkyl halides is 2. The van der Waals surface area contributed by atoms with Gasteiger partial charge in [0.05, 0.1) is 10.8 Å². The smallest absolute Gasteiger partial charge is 0.225 e. The number of hydrogen-bond donors (Lipinski definition) is 0. The van der Waals surface area contributed by atoms with Crippen molar-refractivity contribution < 1.29 is 4.79 Å². The molecule has 1 unspecified atom stereocenters. The standard InChI is InChI=1S/C7H7Cl3O/c8-5-2-1-3(6(5)9)4(2)7(10)11/h2-6H,1H2/t2-,3-,4?,5-,6+/m1/s1. The number of fused-ring (bicyclic) bond motifs is 1. The van der Waals surface area contributed by atoms with Gasteiger partial charge in [-0.1, -0.05) is 0 Å². The highest BCUT2D eigenvalue weighted by Gasteiger charge is 2.60. The molecule has 1 nitrogen and oxygen atoms in total. The predicted molar refractivity (Wildman–Crippen MR) is 45.2 cm³/mol. The molecule has 11 heavy (non-hydrogen) atoms. The van der Waals surface area contributed by atoms with E-state index in [4.69, 9.17) is 34.8 Å². The van der Waals surface area contributed by atoms with Gasteiger partial charge in [0.1, 0.15) is 0 Å². The second kappa shape index (κ2) is 2.51. The number of hydrogen-bond acceptors (Lipinski definition) is 1. The number of carbonyl (C=O) groups is 1. The van der Waals surface area contributed by atoms with Crippen LogP contribution in [0.5, 0.6) is 0 Å². The van der Waals surface area contributed by atoms with Crippen molar-refractivity contribution in [2.45, 2.75) is 17.2 Å². The van der Waals surface area contributed by atoms with Gasteiger partial charge in [0.15, 0.2) is 0 Å². The normalized spacial score (nSPS) is 53.9. The summed E-state index contributed by atoms with van der Waals surface area (Å²) in [7, 11) is 0. The molecule has 3 aliphatic rings. The second-order valence-corrected chi connectivity index (χ2v) is 4.66. The maximum Gasteiger partial charge on any atom is 0.225 e. The molecule has 0 radical (unpaired) electrons. The SMILES string of the molecule is O=C(Cl)C1[C@H]2C[C@H]1[C@@H](Cl)[C@H]2Cl. The number of carbonyl (C=O) groups excluding carboxylic acids is 1. The van der Waals surface area contributed by atoms with Crippen LogP contribution in [0.1, 0.15) is 6.42 Å². The Morgan fingerprint density at radius 1 is 1.18 bits per heavy atom. The monoisotopic (exact) mass is 212 g/mol. The molecule has 0 amide bonds. The van der Waals surface area contributed by atoms with Gasteiger partial charge in [0, 0.05) is 5.92 Å². The Morgan fingerprint density at radius 2 is 1.64 bits per heavy atom. The quantitative estimate of drug-likeness (QED) is 0.482. The third-order valence-corrected chi connectivity index (χ3v) is 4.42. The largest absolute Gasteiger partial charge is 0.281 e. The summed E-state index contributed by atoms with van der Waals surface area (Å²) in [6, 6.07) is 0. The first-order valence-corrected chi connectivity index (χ1v) is 4.85. The molecule has 2 bridgehead atoms. The van der Waals surface area contributed by atoms with Crippen LogP contribution in [0.15, 0.2) is 0 Å². The Balaban J connectivity index is 2.17. The van der Waals surface area contributed by atoms with E-state index in [0.717, 1.165) is 6.42 Å². The average Bonchev–Trinajstić information content (AvgIpc) is 2.17. The van der Waals surface area contributed by atoms with Gasteiger partial charge in [0.2, 0.25) is 5.24 Å². The molecule has 4 heteroatoms. The lowest BCUT2D eigenvalue weighted by Gasteiger charge is -2.32. The Hall–Kier alpha value is 0.540. The van der Waals surface area contributed by atoms with Crippen molar-refractivity contribution in [3.05, 3.63) is 0 Å². The minimum absolute atomic E-state index is 0.0469. The Morgan fingerprint density at radius 3 is 1.82 bits per heavy atom. The van der Waals surface area contributed by atoms with Crippen molar-refractivity contribution in [2.75, 3.05) is 0 Å². The molecule has 0 aromatic rings. The fourth-order valence-electron chi connectivity index (χ4n) is 2.19. The third kappa shape index (κ3) is 0.944. The van der Waals surface area contributed by atoms with Gasteiger partial charge in [-0.2, -0.15) is 0 Å². The lowest BCUT2D eigenvalue weighted by Crippen LogP contribution is -2.34. The van der Waals surface area contributed by atoms with Crippen molar-refractivity contribution in [1.82, 2.24) is 0 Å². The first-order valence-electron chi connectivity index (χ1n) is 3.60. The summed E-state index contributed by atoms with van der Waals surface area (Å²) >= 11 is 17.3. The van der Waals surface area contributed by atoms with Crippen molar-refractivity contribution in [3.63, 3.8) is 0 Å². The Kier molecular flexibility index (Phi) is 1.86. The minimum atomic E-state index is -0.264. The molecule has 0 aromatic carbocycles. The topological polar surface area (TPSA) is 17.1 Å². The van der Waals surface area contributed by atoms with E-state index in [9.17, 15) is 4.79 Å². The summed E-state index contributed by atoms with van der Waals surface area (Å²) in [5.74, 6) is 0.435. The van der Waals surface area contributed by atoms with Crippen LogP contribution in [-0.2, 0) is 4.79 Å². The first kappa shape index (κ1) is 8.15. The summed E-state index contributed by atoms with van der Waals surface area (Å²) in [5.41, 5.74) is 0. The van der Waals surface area contributed by atoms with E-state index in [-0.39, 0.29) is 33.8 Å². The van der Waals surface area contributed by atoms with E-state index in [2.05, 4.69) is 0 Å². The van der Waals surface area contributed by atoms with Gasteiger partial charge in [0.25, 0.3) is 0 Å². The van der Waals surface area contributed by atoms with Crippen LogP contribution in [0.4, 0.5) is 0 Å². The highest BCUT2D eigenvalue weighted by Crippen LogP contribution is 2.58. The molecule has 0 N–H and O–H groups in total. The number of rotatable bonds is 1. The molecule has 3 saturated carbocycles. The third-order valence-electron chi connectivity index (χ3n) is 2.85. The van der Waals surface area contributed by atoms with Crippen LogP contribution >= 0.6 is 34.8 Å². The lowest BCUT2D eigenvalue weighted by molar-refractivity contribution is -0.120. The minimum Gasteiger partial charge on any atom is -0.281 e.